The Kier molecular flexibility index (Phi) is 7.62. The van der Waals surface area contributed by atoms with Crippen LogP contribution in [0.1, 0.15) is 28.4 Å². The molecule has 8 heteroatoms. The van der Waals surface area contributed by atoms with Crippen molar-refractivity contribution in [2.75, 3.05) is 10.9 Å². The van der Waals surface area contributed by atoms with Gasteiger partial charge in [-0.25, -0.2) is 26.9 Å². The van der Waals surface area contributed by atoms with E-state index in [1.807, 2.05) is 55.5 Å². The van der Waals surface area contributed by atoms with Crippen molar-refractivity contribution in [1.82, 2.24) is 4.98 Å². The van der Waals surface area contributed by atoms with Gasteiger partial charge in [0.1, 0.15) is 11.6 Å². The average molecular weight is 555 g/mol. The van der Waals surface area contributed by atoms with Gasteiger partial charge >= 0.3 is 5.97 Å². The number of esters is 1. The van der Waals surface area contributed by atoms with E-state index in [-0.39, 0.29) is 29.4 Å². The fourth-order valence-electron chi connectivity index (χ4n) is 4.54. The molecule has 0 fully saturated rings. The summed E-state index contributed by atoms with van der Waals surface area (Å²) in [5, 5.41) is 1.81. The van der Waals surface area contributed by atoms with E-state index in [2.05, 4.69) is 4.98 Å². The van der Waals surface area contributed by atoms with Gasteiger partial charge in [-0.05, 0) is 72.3 Å². The smallest absolute Gasteiger partial charge is 0.338 e. The summed E-state index contributed by atoms with van der Waals surface area (Å²) in [6.45, 7) is 3.81. The lowest BCUT2D eigenvalue weighted by atomic mass is 10.0. The second-order valence-corrected chi connectivity index (χ2v) is 11.1. The number of fused-ring (bicyclic) bond motifs is 1. The number of ether oxygens (including phenoxy) is 1. The molecule has 0 saturated carbocycles. The van der Waals surface area contributed by atoms with Gasteiger partial charge in [-0.15, -0.1) is 0 Å². The molecule has 5 rings (SSSR count). The molecule has 202 valence electrons. The highest BCUT2D eigenvalue weighted by Gasteiger charge is 2.28. The molecular weight excluding hydrogens is 527 g/mol. The SMILES string of the molecule is CCOC(=O)c1ccc(S(=O)(=O)N(Cc2ccc(-c3ccc(F)cc3)cc2)c2ncc3ccccc3c2C)cc1. The molecule has 40 heavy (non-hydrogen) atoms. The number of carbonyl (C=O) groups is 1. The van der Waals surface area contributed by atoms with E-state index < -0.39 is 16.0 Å². The molecule has 1 aromatic heterocycles. The van der Waals surface area contributed by atoms with Crippen LogP contribution in [-0.4, -0.2) is 26.0 Å². The zero-order chi connectivity index (χ0) is 28.3. The van der Waals surface area contributed by atoms with Gasteiger partial charge < -0.3 is 4.74 Å². The third-order valence-corrected chi connectivity index (χ3v) is 8.42. The number of benzene rings is 4. The molecule has 0 radical (unpaired) electrons. The molecule has 0 N–H and O–H groups in total. The van der Waals surface area contributed by atoms with Gasteiger partial charge in [0.25, 0.3) is 10.0 Å². The van der Waals surface area contributed by atoms with E-state index in [1.54, 1.807) is 25.3 Å². The molecule has 0 aliphatic carbocycles. The molecular formula is C32H27FN2O4S. The standard InChI is InChI=1S/C32H27FN2O4S/c1-3-39-32(36)26-14-18-29(19-15-26)40(37,38)35(31-22(2)30-7-5-4-6-27(30)20-34-31)21-23-8-10-24(11-9-23)25-12-16-28(33)17-13-25/h4-20H,3,21H2,1-2H3. The topological polar surface area (TPSA) is 76.6 Å². The number of rotatable bonds is 8. The largest absolute Gasteiger partial charge is 0.462 e. The quantitative estimate of drug-likeness (QED) is 0.195. The Morgan fingerprint density at radius 2 is 1.50 bits per heavy atom. The van der Waals surface area contributed by atoms with Crippen LogP contribution in [0.15, 0.2) is 108 Å². The Hall–Kier alpha value is -4.56. The van der Waals surface area contributed by atoms with E-state index in [1.165, 1.54) is 40.7 Å². The number of halogens is 1. The molecule has 0 spiro atoms. The lowest BCUT2D eigenvalue weighted by molar-refractivity contribution is 0.0526. The first-order valence-corrected chi connectivity index (χ1v) is 14.2. The third kappa shape index (κ3) is 5.44. The number of carbonyl (C=O) groups excluding carboxylic acids is 1. The maximum Gasteiger partial charge on any atom is 0.338 e. The van der Waals surface area contributed by atoms with Crippen molar-refractivity contribution in [3.8, 4) is 11.1 Å². The van der Waals surface area contributed by atoms with Crippen molar-refractivity contribution in [3.05, 3.63) is 126 Å². The predicted octanol–water partition coefficient (Wildman–Crippen LogP) is 6.92. The van der Waals surface area contributed by atoms with Crippen LogP contribution in [-0.2, 0) is 21.3 Å². The molecule has 0 amide bonds. The first-order valence-electron chi connectivity index (χ1n) is 12.8. The van der Waals surface area contributed by atoms with Crippen molar-refractivity contribution in [1.29, 1.82) is 0 Å². The first-order chi connectivity index (χ1) is 19.3. The second-order valence-electron chi connectivity index (χ2n) is 9.25. The van der Waals surface area contributed by atoms with Gasteiger partial charge in [-0.1, -0.05) is 60.7 Å². The molecule has 4 aromatic carbocycles. The van der Waals surface area contributed by atoms with E-state index >= 15 is 0 Å². The summed E-state index contributed by atoms with van der Waals surface area (Å²) in [6, 6.07) is 27.0. The molecule has 6 nitrogen and oxygen atoms in total. The highest BCUT2D eigenvalue weighted by atomic mass is 32.2. The number of aromatic nitrogens is 1. The summed E-state index contributed by atoms with van der Waals surface area (Å²) in [5.41, 5.74) is 3.47. The first kappa shape index (κ1) is 27.0. The van der Waals surface area contributed by atoms with Crippen LogP contribution < -0.4 is 4.31 Å². The van der Waals surface area contributed by atoms with Gasteiger partial charge in [0, 0.05) is 17.1 Å². The van der Waals surface area contributed by atoms with Gasteiger partial charge in [-0.3, -0.25) is 0 Å². The maximum atomic E-state index is 14.1. The summed E-state index contributed by atoms with van der Waals surface area (Å²) in [5.74, 6) is -0.512. The van der Waals surface area contributed by atoms with Crippen LogP contribution in [0.2, 0.25) is 0 Å². The normalized spacial score (nSPS) is 11.4. The highest BCUT2D eigenvalue weighted by molar-refractivity contribution is 7.92. The summed E-state index contributed by atoms with van der Waals surface area (Å²) in [4.78, 5) is 16.7. The predicted molar refractivity (Wildman–Crippen MR) is 154 cm³/mol. The summed E-state index contributed by atoms with van der Waals surface area (Å²) in [6.07, 6.45) is 1.67. The van der Waals surface area contributed by atoms with Crippen molar-refractivity contribution in [2.45, 2.75) is 25.3 Å². The Balaban J connectivity index is 1.55. The molecule has 0 atom stereocenters. The van der Waals surface area contributed by atoms with Gasteiger partial charge in [-0.2, -0.15) is 0 Å². The number of hydrogen-bond acceptors (Lipinski definition) is 5. The summed E-state index contributed by atoms with van der Waals surface area (Å²) < 4.78 is 47.9. The minimum Gasteiger partial charge on any atom is -0.462 e. The van der Waals surface area contributed by atoms with Crippen molar-refractivity contribution in [3.63, 3.8) is 0 Å². The van der Waals surface area contributed by atoms with Crippen LogP contribution in [0.3, 0.4) is 0 Å². The van der Waals surface area contributed by atoms with Gasteiger partial charge in [0.15, 0.2) is 0 Å². The Bertz CT molecular complexity index is 1770. The fourth-order valence-corrected chi connectivity index (χ4v) is 6.00. The Morgan fingerprint density at radius 1 is 0.875 bits per heavy atom. The average Bonchev–Trinajstić information content (AvgIpc) is 2.97. The summed E-state index contributed by atoms with van der Waals surface area (Å²) >= 11 is 0. The third-order valence-electron chi connectivity index (χ3n) is 6.67. The zero-order valence-corrected chi connectivity index (χ0v) is 22.9. The zero-order valence-electron chi connectivity index (χ0n) is 22.0. The van der Waals surface area contributed by atoms with Crippen LogP contribution in [0.25, 0.3) is 21.9 Å². The van der Waals surface area contributed by atoms with Crippen molar-refractivity contribution >= 4 is 32.6 Å². The minimum atomic E-state index is -4.09. The van der Waals surface area contributed by atoms with Crippen LogP contribution >= 0.6 is 0 Å². The van der Waals surface area contributed by atoms with E-state index in [9.17, 15) is 17.6 Å². The highest BCUT2D eigenvalue weighted by Crippen LogP contribution is 2.32. The van der Waals surface area contributed by atoms with Gasteiger partial charge in [0.05, 0.1) is 23.6 Å². The molecule has 0 unspecified atom stereocenters. The molecule has 5 aromatic rings. The monoisotopic (exact) mass is 554 g/mol. The lowest BCUT2D eigenvalue weighted by Crippen LogP contribution is -2.32. The Morgan fingerprint density at radius 3 is 2.15 bits per heavy atom. The van der Waals surface area contributed by atoms with E-state index in [0.29, 0.717) is 5.82 Å². The van der Waals surface area contributed by atoms with Gasteiger partial charge in [0.2, 0.25) is 0 Å². The molecule has 0 aliphatic heterocycles. The molecule has 0 aliphatic rings. The number of sulfonamides is 1. The molecule has 0 saturated heterocycles. The lowest BCUT2D eigenvalue weighted by Gasteiger charge is -2.26. The summed E-state index contributed by atoms with van der Waals surface area (Å²) in [7, 11) is -4.09. The van der Waals surface area contributed by atoms with Crippen LogP contribution in [0.4, 0.5) is 10.2 Å². The number of aryl methyl sites for hydroxylation is 1. The Labute approximate surface area is 232 Å². The number of pyridine rings is 1. The van der Waals surface area contributed by atoms with Crippen molar-refractivity contribution in [2.24, 2.45) is 0 Å². The molecule has 0 bridgehead atoms. The minimum absolute atomic E-state index is 0.0256. The fraction of sp³-hybridized carbons (Fsp3) is 0.125. The molecule has 1 heterocycles. The number of hydrogen-bond donors (Lipinski definition) is 0. The van der Waals surface area contributed by atoms with E-state index in [4.69, 9.17) is 4.74 Å². The van der Waals surface area contributed by atoms with E-state index in [0.717, 1.165) is 33.0 Å². The maximum absolute atomic E-state index is 14.1. The second kappa shape index (κ2) is 11.3. The number of anilines is 1. The van der Waals surface area contributed by atoms with Crippen LogP contribution in [0.5, 0.6) is 0 Å². The number of nitrogens with zero attached hydrogens (tertiary/aromatic N) is 2. The van der Waals surface area contributed by atoms with Crippen LogP contribution in [0, 0.1) is 12.7 Å². The van der Waals surface area contributed by atoms with Crippen molar-refractivity contribution < 1.29 is 22.3 Å².